The first-order valence-corrected chi connectivity index (χ1v) is 15.4. The molecular weight excluding hydrogens is 646 g/mol. The second-order valence-electron chi connectivity index (χ2n) is 9.56. The molecule has 0 aliphatic heterocycles. The summed E-state index contributed by atoms with van der Waals surface area (Å²) in [4.78, 5) is 21.2. The number of nitrogen functional groups attached to an aromatic ring is 1. The Morgan fingerprint density at radius 3 is 1.63 bits per heavy atom. The van der Waals surface area contributed by atoms with E-state index in [4.69, 9.17) is 5.73 Å². The third kappa shape index (κ3) is 6.21. The summed E-state index contributed by atoms with van der Waals surface area (Å²) < 4.78 is 67.1. The lowest BCUT2D eigenvalue weighted by atomic mass is 10.1. The Labute approximate surface area is 258 Å². The van der Waals surface area contributed by atoms with Gasteiger partial charge in [0.25, 0.3) is 20.2 Å². The number of rotatable bonds is 8. The first-order valence-electron chi connectivity index (χ1n) is 12.6. The van der Waals surface area contributed by atoms with E-state index >= 15 is 0 Å². The van der Waals surface area contributed by atoms with Crippen molar-refractivity contribution in [3.8, 4) is 5.75 Å². The summed E-state index contributed by atoms with van der Waals surface area (Å²) >= 11 is 0. The molecule has 0 radical (unpaired) electrons. The van der Waals surface area contributed by atoms with Crippen molar-refractivity contribution in [3.63, 3.8) is 0 Å². The molecule has 5 rings (SSSR count). The quantitative estimate of drug-likeness (QED) is 0.0632. The van der Waals surface area contributed by atoms with Crippen LogP contribution in [0.1, 0.15) is 20.7 Å². The number of benzene rings is 5. The molecule has 5 aromatic carbocycles. The van der Waals surface area contributed by atoms with Crippen LogP contribution < -0.4 is 5.73 Å². The largest absolute Gasteiger partial charge is 0.505 e. The minimum Gasteiger partial charge on any atom is -0.505 e. The summed E-state index contributed by atoms with van der Waals surface area (Å²) in [6.45, 7) is 0. The third-order valence-corrected chi connectivity index (χ3v) is 8.33. The maximum Gasteiger partial charge on any atom is 0.335 e. The van der Waals surface area contributed by atoms with Crippen LogP contribution in [0.4, 0.5) is 28.4 Å². The summed E-state index contributed by atoms with van der Waals surface area (Å²) in [6.07, 6.45) is 0. The molecule has 5 aromatic rings. The van der Waals surface area contributed by atoms with Crippen molar-refractivity contribution in [1.29, 1.82) is 0 Å². The summed E-state index contributed by atoms with van der Waals surface area (Å²) in [5, 5.41) is 46.1. The van der Waals surface area contributed by atoms with Crippen LogP contribution in [-0.4, -0.2) is 53.2 Å². The van der Waals surface area contributed by atoms with Crippen LogP contribution >= 0.6 is 0 Å². The predicted molar refractivity (Wildman–Crippen MR) is 162 cm³/mol. The standard InChI is InChI=1S/C28H19N5O11S2/c29-20-12-19-13(10-23(20)45(39,40)41)11-24(46(42,43)44)25(26(19)34)33-32-22-6-5-21(17-3-1-2-4-18(17)22)31-30-16-8-14(27(35)36)7-15(9-16)28(37)38/h1-12,34H,29H2,(H,35,36)(H,37,38)(H,39,40,41)(H,42,43,44)/b31-30+,33-32+. The maximum absolute atomic E-state index is 12.2. The molecule has 18 heteroatoms. The molecule has 46 heavy (non-hydrogen) atoms. The lowest BCUT2D eigenvalue weighted by Gasteiger charge is -2.11. The topological polar surface area (TPSA) is 279 Å². The van der Waals surface area contributed by atoms with E-state index in [0.29, 0.717) is 10.8 Å². The molecule has 0 aliphatic carbocycles. The fourth-order valence-corrected chi connectivity index (χ4v) is 5.77. The SMILES string of the molecule is Nc1cc2c(O)c(/N=N/c3ccc(/N=N/c4cc(C(=O)O)cc(C(=O)O)c4)c4ccccc34)c(S(=O)(=O)O)cc2cc1S(=O)(=O)O. The van der Waals surface area contributed by atoms with Crippen molar-refractivity contribution < 1.29 is 50.8 Å². The van der Waals surface area contributed by atoms with Crippen LogP contribution in [0.2, 0.25) is 0 Å². The zero-order valence-corrected chi connectivity index (χ0v) is 24.4. The maximum atomic E-state index is 12.2. The first-order chi connectivity index (χ1) is 21.5. The van der Waals surface area contributed by atoms with Crippen LogP contribution in [-0.2, 0) is 20.2 Å². The number of nitrogens with zero attached hydrogens (tertiary/aromatic N) is 4. The second-order valence-corrected chi connectivity index (χ2v) is 12.3. The minimum absolute atomic E-state index is 0.0426. The molecule has 0 fully saturated rings. The highest BCUT2D eigenvalue weighted by Crippen LogP contribution is 2.44. The van der Waals surface area contributed by atoms with Gasteiger partial charge in [0.2, 0.25) is 0 Å². The third-order valence-electron chi connectivity index (χ3n) is 6.56. The number of carboxylic acids is 2. The lowest BCUT2D eigenvalue weighted by Crippen LogP contribution is -2.04. The molecule has 7 N–H and O–H groups in total. The summed E-state index contributed by atoms with van der Waals surface area (Å²) in [5.41, 5.74) is 4.29. The van der Waals surface area contributed by atoms with E-state index in [1.165, 1.54) is 12.1 Å². The van der Waals surface area contributed by atoms with Crippen LogP contribution in [0.5, 0.6) is 5.75 Å². The van der Waals surface area contributed by atoms with Gasteiger partial charge in [0.1, 0.15) is 15.5 Å². The molecule has 0 amide bonds. The molecule has 0 saturated heterocycles. The van der Waals surface area contributed by atoms with E-state index in [0.717, 1.165) is 36.4 Å². The zero-order valence-electron chi connectivity index (χ0n) is 22.8. The number of anilines is 1. The van der Waals surface area contributed by atoms with Gasteiger partial charge in [-0.2, -0.15) is 21.9 Å². The Morgan fingerprint density at radius 1 is 0.630 bits per heavy atom. The number of carbonyl (C=O) groups is 2. The molecule has 0 bridgehead atoms. The van der Waals surface area contributed by atoms with Crippen molar-refractivity contribution in [2.75, 3.05) is 5.73 Å². The van der Waals surface area contributed by atoms with Gasteiger partial charge < -0.3 is 21.1 Å². The van der Waals surface area contributed by atoms with Crippen molar-refractivity contribution >= 4 is 82.2 Å². The highest BCUT2D eigenvalue weighted by Gasteiger charge is 2.24. The van der Waals surface area contributed by atoms with Crippen LogP contribution in [0.15, 0.2) is 103 Å². The highest BCUT2D eigenvalue weighted by atomic mass is 32.2. The summed E-state index contributed by atoms with van der Waals surface area (Å²) in [5.74, 6) is -3.54. The van der Waals surface area contributed by atoms with Gasteiger partial charge in [-0.05, 0) is 53.9 Å². The van der Waals surface area contributed by atoms with Crippen LogP contribution in [0, 0.1) is 0 Å². The molecule has 0 atom stereocenters. The summed E-state index contributed by atoms with van der Waals surface area (Å²) in [7, 11) is -9.89. The Hall–Kier alpha value is -5.82. The van der Waals surface area contributed by atoms with E-state index < -0.39 is 59.1 Å². The Morgan fingerprint density at radius 2 is 1.13 bits per heavy atom. The molecule has 0 unspecified atom stereocenters. The second kappa shape index (κ2) is 11.6. The molecule has 0 spiro atoms. The first kappa shape index (κ1) is 31.6. The normalized spacial score (nSPS) is 12.4. The average Bonchev–Trinajstić information content (AvgIpc) is 2.98. The highest BCUT2D eigenvalue weighted by molar-refractivity contribution is 7.86. The number of aromatic carboxylic acids is 2. The lowest BCUT2D eigenvalue weighted by molar-refractivity contribution is 0.0696. The molecule has 0 aliphatic rings. The van der Waals surface area contributed by atoms with E-state index in [-0.39, 0.29) is 39.0 Å². The number of fused-ring (bicyclic) bond motifs is 2. The number of hydrogen-bond acceptors (Lipinski definition) is 12. The van der Waals surface area contributed by atoms with Gasteiger partial charge in [-0.1, -0.05) is 24.3 Å². The fraction of sp³-hybridized carbons (Fsp3) is 0. The van der Waals surface area contributed by atoms with E-state index in [9.17, 15) is 50.8 Å². The molecule has 234 valence electrons. The Bertz CT molecular complexity index is 2380. The van der Waals surface area contributed by atoms with Crippen molar-refractivity contribution in [2.45, 2.75) is 9.79 Å². The molecule has 0 heterocycles. The van der Waals surface area contributed by atoms with E-state index in [1.54, 1.807) is 24.3 Å². The molecule has 0 saturated carbocycles. The van der Waals surface area contributed by atoms with Gasteiger partial charge in [-0.25, -0.2) is 9.59 Å². The van der Waals surface area contributed by atoms with Crippen molar-refractivity contribution in [1.82, 2.24) is 0 Å². The Kier molecular flexibility index (Phi) is 7.97. The van der Waals surface area contributed by atoms with Crippen molar-refractivity contribution in [2.24, 2.45) is 20.5 Å². The van der Waals surface area contributed by atoms with Gasteiger partial charge in [0, 0.05) is 16.2 Å². The minimum atomic E-state index is -5.07. The van der Waals surface area contributed by atoms with Gasteiger partial charge in [-0.15, -0.1) is 15.3 Å². The van der Waals surface area contributed by atoms with Gasteiger partial charge in [-0.3, -0.25) is 9.11 Å². The number of phenolic OH excluding ortho intramolecular Hbond substituents is 1. The predicted octanol–water partition coefficient (Wildman–Crippen LogP) is 6.00. The molecule has 16 nitrogen and oxygen atoms in total. The Balaban J connectivity index is 1.62. The number of nitrogens with two attached hydrogens (primary N) is 1. The number of azo groups is 2. The average molecular weight is 666 g/mol. The number of aromatic hydroxyl groups is 1. The molecule has 0 aromatic heterocycles. The molecular formula is C28H19N5O11S2. The number of carboxylic acid groups (broad SMARTS) is 2. The van der Waals surface area contributed by atoms with Crippen molar-refractivity contribution in [3.05, 3.63) is 83.9 Å². The number of phenols is 1. The zero-order chi connectivity index (χ0) is 33.6. The van der Waals surface area contributed by atoms with Crippen LogP contribution in [0.3, 0.4) is 0 Å². The van der Waals surface area contributed by atoms with Gasteiger partial charge in [0.15, 0.2) is 5.75 Å². The summed E-state index contributed by atoms with van der Waals surface area (Å²) in [6, 6.07) is 15.3. The van der Waals surface area contributed by atoms with Gasteiger partial charge >= 0.3 is 11.9 Å². The van der Waals surface area contributed by atoms with E-state index in [1.807, 2.05) is 0 Å². The van der Waals surface area contributed by atoms with Crippen LogP contribution in [0.25, 0.3) is 21.5 Å². The fourth-order valence-electron chi connectivity index (χ4n) is 4.48. The monoisotopic (exact) mass is 665 g/mol. The smallest absolute Gasteiger partial charge is 0.335 e. The number of hydrogen-bond donors (Lipinski definition) is 6. The van der Waals surface area contributed by atoms with Gasteiger partial charge in [0.05, 0.1) is 33.9 Å². The van der Waals surface area contributed by atoms with E-state index in [2.05, 4.69) is 20.5 Å².